The molecule has 2 amide bonds. The summed E-state index contributed by atoms with van der Waals surface area (Å²) in [6.45, 7) is 6.03. The summed E-state index contributed by atoms with van der Waals surface area (Å²) in [6.07, 6.45) is 0. The fourth-order valence-corrected chi connectivity index (χ4v) is 2.46. The molecule has 0 atom stereocenters. The maximum absolute atomic E-state index is 12.1. The minimum Gasteiger partial charge on any atom is -0.462 e. The van der Waals surface area contributed by atoms with Gasteiger partial charge in [0.05, 0.1) is 18.8 Å². The fraction of sp³-hybridized carbons (Fsp3) is 0.500. The van der Waals surface area contributed by atoms with Crippen LogP contribution in [0.2, 0.25) is 0 Å². The number of hydrogen-bond donors (Lipinski definition) is 1. The Bertz CT molecular complexity index is 555. The van der Waals surface area contributed by atoms with Crippen LogP contribution in [0.15, 0.2) is 5.38 Å². The Morgan fingerprint density at radius 3 is 2.27 bits per heavy atom. The van der Waals surface area contributed by atoms with Crippen LogP contribution in [0.5, 0.6) is 0 Å². The first kappa shape index (κ1) is 18.0. The summed E-state index contributed by atoms with van der Waals surface area (Å²) in [6, 6.07) is -0.370. The van der Waals surface area contributed by atoms with Crippen molar-refractivity contribution in [2.24, 2.45) is 0 Å². The number of carbonyl (C=O) groups excluding carboxylic acids is 3. The Morgan fingerprint density at radius 1 is 1.14 bits per heavy atom. The summed E-state index contributed by atoms with van der Waals surface area (Å²) in [5, 5.41) is 4.36. The molecule has 0 bridgehead atoms. The number of ether oxygens (including phenoxy) is 2. The van der Waals surface area contributed by atoms with Gasteiger partial charge < -0.3 is 14.4 Å². The lowest BCUT2D eigenvalue weighted by Crippen LogP contribution is -2.31. The van der Waals surface area contributed by atoms with E-state index in [2.05, 4.69) is 5.32 Å². The molecule has 0 aromatic carbocycles. The van der Waals surface area contributed by atoms with Gasteiger partial charge in [0.1, 0.15) is 10.6 Å². The summed E-state index contributed by atoms with van der Waals surface area (Å²) in [7, 11) is 1.62. The first-order chi connectivity index (χ1) is 10.5. The van der Waals surface area contributed by atoms with Crippen molar-refractivity contribution in [2.45, 2.75) is 20.8 Å². The van der Waals surface area contributed by atoms with Crippen LogP contribution < -0.4 is 5.32 Å². The van der Waals surface area contributed by atoms with E-state index in [9.17, 15) is 14.4 Å². The van der Waals surface area contributed by atoms with Crippen LogP contribution in [0, 0.1) is 0 Å². The molecule has 8 heteroatoms. The number of nitrogens with zero attached hydrogens (tertiary/aromatic N) is 1. The van der Waals surface area contributed by atoms with Gasteiger partial charge in [-0.15, -0.1) is 11.3 Å². The van der Waals surface area contributed by atoms with Gasteiger partial charge in [0.25, 0.3) is 0 Å². The Balaban J connectivity index is 3.14. The van der Waals surface area contributed by atoms with Crippen molar-refractivity contribution in [1.29, 1.82) is 0 Å². The molecule has 0 aliphatic rings. The van der Waals surface area contributed by atoms with Gasteiger partial charge in [0.2, 0.25) is 0 Å². The molecule has 0 fully saturated rings. The average molecular weight is 328 g/mol. The highest BCUT2D eigenvalue weighted by Crippen LogP contribution is 2.30. The highest BCUT2D eigenvalue weighted by molar-refractivity contribution is 7.15. The maximum atomic E-state index is 12.1. The summed E-state index contributed by atoms with van der Waals surface area (Å²) < 4.78 is 9.88. The largest absolute Gasteiger partial charge is 0.462 e. The lowest BCUT2D eigenvalue weighted by Gasteiger charge is -2.15. The van der Waals surface area contributed by atoms with Crippen molar-refractivity contribution >= 4 is 34.3 Å². The number of hydrogen-bond acceptors (Lipinski definition) is 6. The molecule has 22 heavy (non-hydrogen) atoms. The number of rotatable bonds is 6. The van der Waals surface area contributed by atoms with Gasteiger partial charge in [-0.05, 0) is 20.8 Å². The van der Waals surface area contributed by atoms with Crippen molar-refractivity contribution in [1.82, 2.24) is 4.90 Å². The number of amides is 2. The molecular weight excluding hydrogens is 308 g/mol. The van der Waals surface area contributed by atoms with Crippen molar-refractivity contribution in [3.05, 3.63) is 16.5 Å². The van der Waals surface area contributed by atoms with E-state index in [0.717, 1.165) is 11.3 Å². The molecule has 1 rings (SSSR count). The Labute approximate surface area is 133 Å². The Kier molecular flexibility index (Phi) is 6.84. The highest BCUT2D eigenvalue weighted by atomic mass is 32.1. The average Bonchev–Trinajstić information content (AvgIpc) is 2.90. The van der Waals surface area contributed by atoms with Gasteiger partial charge >= 0.3 is 18.0 Å². The van der Waals surface area contributed by atoms with E-state index in [1.807, 2.05) is 6.92 Å². The molecule has 0 aliphatic carbocycles. The topological polar surface area (TPSA) is 84.9 Å². The molecule has 0 saturated heterocycles. The van der Waals surface area contributed by atoms with Gasteiger partial charge in [0.15, 0.2) is 0 Å². The van der Waals surface area contributed by atoms with Crippen molar-refractivity contribution in [3.8, 4) is 0 Å². The molecule has 7 nitrogen and oxygen atoms in total. The molecule has 1 heterocycles. The number of nitrogens with one attached hydrogen (secondary N) is 1. The normalized spacial score (nSPS) is 10.0. The van der Waals surface area contributed by atoms with Gasteiger partial charge in [-0.1, -0.05) is 0 Å². The quantitative estimate of drug-likeness (QED) is 0.811. The number of carbonyl (C=O) groups is 3. The van der Waals surface area contributed by atoms with E-state index >= 15 is 0 Å². The van der Waals surface area contributed by atoms with E-state index in [-0.39, 0.29) is 35.4 Å². The summed E-state index contributed by atoms with van der Waals surface area (Å²) >= 11 is 1.08. The molecule has 1 N–H and O–H groups in total. The van der Waals surface area contributed by atoms with E-state index < -0.39 is 11.9 Å². The zero-order valence-corrected chi connectivity index (χ0v) is 13.9. The van der Waals surface area contributed by atoms with Crippen LogP contribution in [0.25, 0.3) is 0 Å². The van der Waals surface area contributed by atoms with Gasteiger partial charge in [-0.2, -0.15) is 0 Å². The number of urea groups is 1. The lowest BCUT2D eigenvalue weighted by molar-refractivity contribution is 0.0481. The molecule has 1 aromatic heterocycles. The number of esters is 2. The first-order valence-electron chi connectivity index (χ1n) is 6.93. The monoisotopic (exact) mass is 328 g/mol. The second-order valence-electron chi connectivity index (χ2n) is 4.24. The summed E-state index contributed by atoms with van der Waals surface area (Å²) in [5.74, 6) is -1.28. The third-order valence-corrected chi connectivity index (χ3v) is 3.70. The van der Waals surface area contributed by atoms with Crippen molar-refractivity contribution in [2.75, 3.05) is 32.1 Å². The predicted molar refractivity (Wildman–Crippen MR) is 83.6 cm³/mol. The van der Waals surface area contributed by atoms with E-state index in [1.165, 1.54) is 10.3 Å². The zero-order valence-electron chi connectivity index (χ0n) is 13.1. The van der Waals surface area contributed by atoms with E-state index in [1.54, 1.807) is 20.9 Å². The maximum Gasteiger partial charge on any atom is 0.342 e. The standard InChI is InChI=1S/C14H20N2O5S/c1-5-16(4)14(19)15-11-10(13(18)21-7-3)9(8-22-11)12(17)20-6-2/h8H,5-7H2,1-4H3,(H,15,19). The van der Waals surface area contributed by atoms with Gasteiger partial charge in [-0.3, -0.25) is 5.32 Å². The third kappa shape index (κ3) is 4.20. The van der Waals surface area contributed by atoms with Crippen LogP contribution in [0.3, 0.4) is 0 Å². The zero-order chi connectivity index (χ0) is 16.7. The first-order valence-corrected chi connectivity index (χ1v) is 7.81. The second kappa shape index (κ2) is 8.38. The van der Waals surface area contributed by atoms with Crippen LogP contribution in [0.1, 0.15) is 41.5 Å². The number of thiophene rings is 1. The third-order valence-electron chi connectivity index (χ3n) is 2.81. The molecule has 1 aromatic rings. The second-order valence-corrected chi connectivity index (χ2v) is 5.12. The fourth-order valence-electron chi connectivity index (χ4n) is 1.55. The highest BCUT2D eigenvalue weighted by Gasteiger charge is 2.26. The molecule has 0 radical (unpaired) electrons. The van der Waals surface area contributed by atoms with Crippen LogP contribution in [-0.2, 0) is 9.47 Å². The smallest absolute Gasteiger partial charge is 0.342 e. The predicted octanol–water partition coefficient (Wildman–Crippen LogP) is 2.59. The molecular formula is C14H20N2O5S. The molecule has 0 spiro atoms. The Morgan fingerprint density at radius 2 is 1.73 bits per heavy atom. The molecule has 0 aliphatic heterocycles. The van der Waals surface area contributed by atoms with Crippen molar-refractivity contribution < 1.29 is 23.9 Å². The summed E-state index contributed by atoms with van der Waals surface area (Å²) in [4.78, 5) is 37.4. The molecule has 0 saturated carbocycles. The van der Waals surface area contributed by atoms with Crippen LogP contribution in [0.4, 0.5) is 9.80 Å². The van der Waals surface area contributed by atoms with E-state index in [4.69, 9.17) is 9.47 Å². The summed E-state index contributed by atoms with van der Waals surface area (Å²) in [5.41, 5.74) is 0.128. The Hall–Kier alpha value is -2.09. The van der Waals surface area contributed by atoms with E-state index in [0.29, 0.717) is 6.54 Å². The van der Waals surface area contributed by atoms with Gasteiger partial charge in [0, 0.05) is 19.0 Å². The van der Waals surface area contributed by atoms with Crippen LogP contribution >= 0.6 is 11.3 Å². The van der Waals surface area contributed by atoms with Gasteiger partial charge in [-0.25, -0.2) is 14.4 Å². The van der Waals surface area contributed by atoms with Crippen LogP contribution in [-0.4, -0.2) is 49.7 Å². The lowest BCUT2D eigenvalue weighted by atomic mass is 10.2. The molecule has 0 unspecified atom stereocenters. The van der Waals surface area contributed by atoms with Crippen molar-refractivity contribution in [3.63, 3.8) is 0 Å². The molecule has 122 valence electrons. The minimum absolute atomic E-state index is 0.0307. The minimum atomic E-state index is -0.666. The number of anilines is 1. The SMILES string of the molecule is CCOC(=O)c1csc(NC(=O)N(C)CC)c1C(=O)OCC.